The quantitative estimate of drug-likeness (QED) is 0.808. The van der Waals surface area contributed by atoms with E-state index in [1.54, 1.807) is 24.3 Å². The molecule has 0 aliphatic rings. The Morgan fingerprint density at radius 2 is 1.59 bits per heavy atom. The van der Waals surface area contributed by atoms with Gasteiger partial charge in [0.05, 0.1) is 6.04 Å². The third kappa shape index (κ3) is 4.01. The van der Waals surface area contributed by atoms with Crippen molar-refractivity contribution in [2.75, 3.05) is 5.32 Å². The van der Waals surface area contributed by atoms with Crippen LogP contribution in [0, 0.1) is 20.8 Å². The van der Waals surface area contributed by atoms with Gasteiger partial charge in [0.2, 0.25) is 0 Å². The lowest BCUT2D eigenvalue weighted by atomic mass is 9.97. The molecule has 1 atom stereocenters. The molecule has 22 heavy (non-hydrogen) atoms. The van der Waals surface area contributed by atoms with E-state index in [9.17, 15) is 4.79 Å². The largest absolute Gasteiger partial charge is 0.331 e. The molecule has 3 nitrogen and oxygen atoms in total. The number of amides is 2. The van der Waals surface area contributed by atoms with Crippen molar-refractivity contribution in [3.63, 3.8) is 0 Å². The lowest BCUT2D eigenvalue weighted by molar-refractivity contribution is 0.249. The molecule has 2 aromatic rings. The maximum absolute atomic E-state index is 12.1. The topological polar surface area (TPSA) is 41.1 Å². The number of hydrogen-bond donors (Lipinski definition) is 2. The van der Waals surface area contributed by atoms with Gasteiger partial charge >= 0.3 is 6.03 Å². The maximum atomic E-state index is 12.1. The molecule has 0 saturated heterocycles. The Bertz CT molecular complexity index is 680. The van der Waals surface area contributed by atoms with Gasteiger partial charge in [-0.3, -0.25) is 0 Å². The van der Waals surface area contributed by atoms with Crippen LogP contribution in [0.1, 0.15) is 35.2 Å². The number of benzene rings is 2. The Morgan fingerprint density at radius 1 is 1.00 bits per heavy atom. The van der Waals surface area contributed by atoms with Crippen LogP contribution in [0.2, 0.25) is 5.02 Å². The fourth-order valence-corrected chi connectivity index (χ4v) is 2.55. The minimum absolute atomic E-state index is 0.0633. The molecule has 0 saturated carbocycles. The van der Waals surface area contributed by atoms with Crippen molar-refractivity contribution in [2.45, 2.75) is 33.7 Å². The fourth-order valence-electron chi connectivity index (χ4n) is 2.42. The first-order valence-corrected chi connectivity index (χ1v) is 7.65. The molecule has 2 amide bonds. The Morgan fingerprint density at radius 3 is 2.23 bits per heavy atom. The number of halogens is 1. The van der Waals surface area contributed by atoms with Gasteiger partial charge in [0, 0.05) is 10.7 Å². The van der Waals surface area contributed by atoms with Crippen LogP contribution in [0.15, 0.2) is 36.4 Å². The first-order chi connectivity index (χ1) is 10.4. The van der Waals surface area contributed by atoms with Gasteiger partial charge in [-0.25, -0.2) is 4.79 Å². The van der Waals surface area contributed by atoms with Gasteiger partial charge in [-0.15, -0.1) is 0 Å². The summed E-state index contributed by atoms with van der Waals surface area (Å²) in [5, 5.41) is 6.41. The van der Waals surface area contributed by atoms with Gasteiger partial charge < -0.3 is 10.6 Å². The summed E-state index contributed by atoms with van der Waals surface area (Å²) >= 11 is 5.83. The van der Waals surface area contributed by atoms with Crippen LogP contribution in [0.3, 0.4) is 0 Å². The molecule has 0 fully saturated rings. The third-order valence-electron chi connectivity index (χ3n) is 3.80. The van der Waals surface area contributed by atoms with Crippen LogP contribution in [0.5, 0.6) is 0 Å². The first kappa shape index (κ1) is 16.4. The predicted octanol–water partition coefficient (Wildman–Crippen LogP) is 5.15. The Hall–Kier alpha value is -2.00. The summed E-state index contributed by atoms with van der Waals surface area (Å²) in [6, 6.07) is 11.0. The van der Waals surface area contributed by atoms with E-state index in [2.05, 4.69) is 43.5 Å². The molecule has 0 aliphatic heterocycles. The fraction of sp³-hybridized carbons (Fsp3) is 0.278. The normalized spacial score (nSPS) is 11.9. The molecular formula is C18H21ClN2O. The summed E-state index contributed by atoms with van der Waals surface area (Å²) in [7, 11) is 0. The molecule has 116 valence electrons. The first-order valence-electron chi connectivity index (χ1n) is 7.27. The van der Waals surface area contributed by atoms with Crippen LogP contribution in [-0.4, -0.2) is 6.03 Å². The van der Waals surface area contributed by atoms with E-state index in [1.165, 1.54) is 16.7 Å². The minimum Gasteiger partial charge on any atom is -0.331 e. The molecule has 0 bridgehead atoms. The number of rotatable bonds is 3. The molecule has 0 spiro atoms. The van der Waals surface area contributed by atoms with Crippen molar-refractivity contribution in [3.05, 3.63) is 63.7 Å². The molecule has 2 N–H and O–H groups in total. The molecule has 0 heterocycles. The van der Waals surface area contributed by atoms with Gasteiger partial charge in [-0.05, 0) is 74.2 Å². The summed E-state index contributed by atoms with van der Waals surface area (Å²) in [4.78, 5) is 12.1. The average Bonchev–Trinajstić information content (AvgIpc) is 2.45. The van der Waals surface area contributed by atoms with Gasteiger partial charge in [0.1, 0.15) is 0 Å². The van der Waals surface area contributed by atoms with Crippen molar-refractivity contribution in [1.82, 2.24) is 5.32 Å². The summed E-state index contributed by atoms with van der Waals surface area (Å²) in [5.74, 6) is 0. The Labute approximate surface area is 136 Å². The molecule has 4 heteroatoms. The molecule has 2 aromatic carbocycles. The number of hydrogen-bond acceptors (Lipinski definition) is 1. The predicted molar refractivity (Wildman–Crippen MR) is 92.7 cm³/mol. The molecule has 0 aliphatic carbocycles. The van der Waals surface area contributed by atoms with Crippen LogP contribution in [0.25, 0.3) is 0 Å². The second kappa shape index (κ2) is 6.84. The van der Waals surface area contributed by atoms with Crippen molar-refractivity contribution in [1.29, 1.82) is 0 Å². The Balaban J connectivity index is 2.05. The van der Waals surface area contributed by atoms with E-state index in [0.717, 1.165) is 5.56 Å². The zero-order valence-electron chi connectivity index (χ0n) is 13.3. The van der Waals surface area contributed by atoms with E-state index in [4.69, 9.17) is 11.6 Å². The Kier molecular flexibility index (Phi) is 5.09. The second-order valence-corrected chi connectivity index (χ2v) is 6.06. The number of urea groups is 1. The number of carbonyl (C=O) groups excluding carboxylic acids is 1. The zero-order chi connectivity index (χ0) is 16.3. The number of nitrogens with one attached hydrogen (secondary N) is 2. The van der Waals surface area contributed by atoms with E-state index >= 15 is 0 Å². The lowest BCUT2D eigenvalue weighted by Crippen LogP contribution is -2.31. The van der Waals surface area contributed by atoms with E-state index in [-0.39, 0.29) is 12.1 Å². The molecule has 2 rings (SSSR count). The maximum Gasteiger partial charge on any atom is 0.319 e. The van der Waals surface area contributed by atoms with Crippen molar-refractivity contribution < 1.29 is 4.79 Å². The van der Waals surface area contributed by atoms with Crippen molar-refractivity contribution in [3.8, 4) is 0 Å². The highest BCUT2D eigenvalue weighted by molar-refractivity contribution is 6.30. The number of aryl methyl sites for hydroxylation is 3. The van der Waals surface area contributed by atoms with Crippen LogP contribution in [0.4, 0.5) is 10.5 Å². The molecule has 0 unspecified atom stereocenters. The summed E-state index contributed by atoms with van der Waals surface area (Å²) < 4.78 is 0. The van der Waals surface area contributed by atoms with Crippen LogP contribution in [-0.2, 0) is 0 Å². The van der Waals surface area contributed by atoms with Crippen LogP contribution >= 0.6 is 11.6 Å². The third-order valence-corrected chi connectivity index (χ3v) is 4.05. The summed E-state index contributed by atoms with van der Waals surface area (Å²) in [5.41, 5.74) is 5.52. The summed E-state index contributed by atoms with van der Waals surface area (Å²) in [6.45, 7) is 8.23. The molecule has 0 radical (unpaired) electrons. The average molecular weight is 317 g/mol. The smallest absolute Gasteiger partial charge is 0.319 e. The monoisotopic (exact) mass is 316 g/mol. The van der Waals surface area contributed by atoms with Crippen molar-refractivity contribution in [2.24, 2.45) is 0 Å². The number of anilines is 1. The van der Waals surface area contributed by atoms with Gasteiger partial charge in [-0.2, -0.15) is 0 Å². The zero-order valence-corrected chi connectivity index (χ0v) is 14.1. The number of carbonyl (C=O) groups is 1. The van der Waals surface area contributed by atoms with Gasteiger partial charge in [-0.1, -0.05) is 23.7 Å². The highest BCUT2D eigenvalue weighted by Crippen LogP contribution is 2.22. The van der Waals surface area contributed by atoms with Gasteiger partial charge in [0.15, 0.2) is 0 Å². The molecule has 0 aromatic heterocycles. The molecular weight excluding hydrogens is 296 g/mol. The van der Waals surface area contributed by atoms with Gasteiger partial charge in [0.25, 0.3) is 0 Å². The standard InChI is InChI=1S/C18H21ClN2O/c1-11-9-13(3)17(10-12(11)2)14(4)20-18(22)21-16-7-5-15(19)6-8-16/h5-10,14H,1-4H3,(H2,20,21,22)/t14-/m1/s1. The van der Waals surface area contributed by atoms with Crippen LogP contribution < -0.4 is 10.6 Å². The van der Waals surface area contributed by atoms with Crippen molar-refractivity contribution >= 4 is 23.3 Å². The second-order valence-electron chi connectivity index (χ2n) is 5.62. The highest BCUT2D eigenvalue weighted by Gasteiger charge is 2.13. The van der Waals surface area contributed by atoms with E-state index in [1.807, 2.05) is 6.92 Å². The van der Waals surface area contributed by atoms with E-state index in [0.29, 0.717) is 10.7 Å². The lowest BCUT2D eigenvalue weighted by Gasteiger charge is -2.19. The minimum atomic E-state index is -0.229. The van der Waals surface area contributed by atoms with E-state index < -0.39 is 0 Å². The SMILES string of the molecule is Cc1cc(C)c([C@@H](C)NC(=O)Nc2ccc(Cl)cc2)cc1C. The summed E-state index contributed by atoms with van der Waals surface area (Å²) in [6.07, 6.45) is 0. The highest BCUT2D eigenvalue weighted by atomic mass is 35.5.